The van der Waals surface area contributed by atoms with Crippen molar-refractivity contribution in [3.63, 3.8) is 0 Å². The Bertz CT molecular complexity index is 265. The minimum absolute atomic E-state index is 0.170. The number of hydrogen-bond donors (Lipinski definition) is 2. The predicted molar refractivity (Wildman–Crippen MR) is 69.9 cm³/mol. The molecule has 0 bridgehead atoms. The third-order valence-electron chi connectivity index (χ3n) is 1.94. The quantitative estimate of drug-likeness (QED) is 0.580. The highest BCUT2D eigenvalue weighted by Crippen LogP contribution is 2.14. The van der Waals surface area contributed by atoms with Gasteiger partial charge in [0.25, 0.3) is 0 Å². The molecule has 0 aliphatic carbocycles. The van der Waals surface area contributed by atoms with Gasteiger partial charge in [0.1, 0.15) is 5.60 Å². The van der Waals surface area contributed by atoms with E-state index in [0.29, 0.717) is 6.42 Å². The molecule has 18 heavy (non-hydrogen) atoms. The first kappa shape index (κ1) is 17.4. The van der Waals surface area contributed by atoms with E-state index in [9.17, 15) is 9.90 Å². The van der Waals surface area contributed by atoms with Crippen molar-refractivity contribution in [1.29, 1.82) is 0 Å². The van der Waals surface area contributed by atoms with Crippen molar-refractivity contribution in [3.8, 4) is 0 Å². The molecule has 2 atom stereocenters. The lowest BCUT2D eigenvalue weighted by Crippen LogP contribution is -2.41. The number of carbonyl (C=O) groups excluding carboxylic acids is 1. The summed E-state index contributed by atoms with van der Waals surface area (Å²) < 4.78 is 10.5. The number of carbonyl (C=O) groups is 1. The fraction of sp³-hybridized carbons (Fsp3) is 0.923. The maximum Gasteiger partial charge on any atom is 0.306 e. The molecule has 0 aromatic heterocycles. The molecule has 0 heterocycles. The number of rotatable bonds is 5. The summed E-state index contributed by atoms with van der Waals surface area (Å²) in [6.45, 7) is 10.9. The molecule has 0 spiro atoms. The van der Waals surface area contributed by atoms with E-state index in [-0.39, 0.29) is 12.4 Å². The highest BCUT2D eigenvalue weighted by molar-refractivity contribution is 5.69. The molecule has 0 aromatic rings. The molecular formula is C13H27NO4. The highest BCUT2D eigenvalue weighted by Gasteiger charge is 2.24. The normalized spacial score (nSPS) is 16.2. The second kappa shape index (κ2) is 6.50. The molecule has 0 rings (SSSR count). The molecule has 2 unspecified atom stereocenters. The summed E-state index contributed by atoms with van der Waals surface area (Å²) >= 11 is 0. The topological polar surface area (TPSA) is 81.8 Å². The summed E-state index contributed by atoms with van der Waals surface area (Å²) in [7, 11) is 0. The molecule has 0 aliphatic rings. The van der Waals surface area contributed by atoms with Crippen molar-refractivity contribution in [2.75, 3.05) is 0 Å². The number of nitrogens with two attached hydrogens (primary N) is 1. The summed E-state index contributed by atoms with van der Waals surface area (Å²) in [6, 6.07) is -0.600. The summed E-state index contributed by atoms with van der Waals surface area (Å²) in [4.78, 5) is 11.5. The predicted octanol–water partition coefficient (Wildman–Crippen LogP) is 1.57. The van der Waals surface area contributed by atoms with Crippen molar-refractivity contribution >= 4 is 5.97 Å². The van der Waals surface area contributed by atoms with E-state index in [4.69, 9.17) is 15.2 Å². The van der Waals surface area contributed by atoms with E-state index >= 15 is 0 Å². The second-order valence-electron chi connectivity index (χ2n) is 6.41. The molecule has 3 N–H and O–H groups in total. The maximum absolute atomic E-state index is 11.5. The molecule has 0 aromatic carbocycles. The molecule has 0 saturated carbocycles. The Kier molecular flexibility index (Phi) is 6.26. The number of aliphatic hydroxyl groups excluding tert-OH is 1. The van der Waals surface area contributed by atoms with Gasteiger partial charge in [-0.1, -0.05) is 0 Å². The van der Waals surface area contributed by atoms with Crippen LogP contribution in [0.2, 0.25) is 0 Å². The van der Waals surface area contributed by atoms with Crippen LogP contribution in [0.3, 0.4) is 0 Å². The van der Waals surface area contributed by atoms with Gasteiger partial charge in [0, 0.05) is 6.42 Å². The Balaban J connectivity index is 4.03. The summed E-state index contributed by atoms with van der Waals surface area (Å²) in [5, 5.41) is 9.70. The second-order valence-corrected chi connectivity index (χ2v) is 6.41. The van der Waals surface area contributed by atoms with Gasteiger partial charge in [0.15, 0.2) is 6.29 Å². The van der Waals surface area contributed by atoms with Gasteiger partial charge >= 0.3 is 5.97 Å². The van der Waals surface area contributed by atoms with Crippen LogP contribution in [0, 0.1) is 0 Å². The lowest BCUT2D eigenvalue weighted by atomic mass is 10.1. The molecular weight excluding hydrogens is 234 g/mol. The summed E-state index contributed by atoms with van der Waals surface area (Å²) in [5.74, 6) is -0.319. The maximum atomic E-state index is 11.5. The Morgan fingerprint density at radius 3 is 2.06 bits per heavy atom. The third-order valence-corrected chi connectivity index (χ3v) is 1.94. The van der Waals surface area contributed by atoms with Crippen LogP contribution in [0.15, 0.2) is 0 Å². The van der Waals surface area contributed by atoms with Crippen molar-refractivity contribution in [1.82, 2.24) is 0 Å². The SMILES string of the molecule is CC(C)(C)OC(=O)CCC(N)C(O)OC(C)(C)C. The van der Waals surface area contributed by atoms with E-state index in [1.807, 2.05) is 41.5 Å². The Labute approximate surface area is 110 Å². The molecule has 5 nitrogen and oxygen atoms in total. The van der Waals surface area contributed by atoms with Crippen molar-refractivity contribution in [2.24, 2.45) is 5.73 Å². The van der Waals surface area contributed by atoms with Crippen LogP contribution in [-0.4, -0.2) is 34.6 Å². The van der Waals surface area contributed by atoms with E-state index in [0.717, 1.165) is 0 Å². The van der Waals surface area contributed by atoms with Crippen LogP contribution < -0.4 is 5.73 Å². The molecule has 108 valence electrons. The summed E-state index contributed by atoms with van der Waals surface area (Å²) in [5.41, 5.74) is 4.79. The fourth-order valence-corrected chi connectivity index (χ4v) is 1.27. The first-order chi connectivity index (χ1) is 7.91. The average molecular weight is 261 g/mol. The van der Waals surface area contributed by atoms with E-state index in [2.05, 4.69) is 0 Å². The fourth-order valence-electron chi connectivity index (χ4n) is 1.27. The van der Waals surface area contributed by atoms with Crippen LogP contribution in [0.4, 0.5) is 0 Å². The molecule has 0 aliphatic heterocycles. The van der Waals surface area contributed by atoms with Crippen LogP contribution in [0.25, 0.3) is 0 Å². The van der Waals surface area contributed by atoms with E-state index in [1.165, 1.54) is 0 Å². The standard InChI is InChI=1S/C13H27NO4/c1-12(2,3)17-10(15)8-7-9(14)11(16)18-13(4,5)6/h9,11,16H,7-8,14H2,1-6H3. The zero-order valence-corrected chi connectivity index (χ0v) is 12.3. The molecule has 0 fully saturated rings. The number of hydrogen-bond acceptors (Lipinski definition) is 5. The minimum Gasteiger partial charge on any atom is -0.460 e. The van der Waals surface area contributed by atoms with Gasteiger partial charge in [-0.25, -0.2) is 0 Å². The van der Waals surface area contributed by atoms with Gasteiger partial charge in [-0.15, -0.1) is 0 Å². The number of ether oxygens (including phenoxy) is 2. The van der Waals surface area contributed by atoms with Gasteiger partial charge in [-0.3, -0.25) is 4.79 Å². The molecule has 5 heteroatoms. The first-order valence-corrected chi connectivity index (χ1v) is 6.24. The lowest BCUT2D eigenvalue weighted by Gasteiger charge is -2.27. The smallest absolute Gasteiger partial charge is 0.306 e. The lowest BCUT2D eigenvalue weighted by molar-refractivity contribution is -0.177. The molecule has 0 saturated heterocycles. The van der Waals surface area contributed by atoms with Crippen molar-refractivity contribution < 1.29 is 19.4 Å². The van der Waals surface area contributed by atoms with Crippen molar-refractivity contribution in [3.05, 3.63) is 0 Å². The average Bonchev–Trinajstić information content (AvgIpc) is 2.08. The van der Waals surface area contributed by atoms with Crippen LogP contribution in [0.5, 0.6) is 0 Å². The van der Waals surface area contributed by atoms with Crippen LogP contribution in [0.1, 0.15) is 54.4 Å². The van der Waals surface area contributed by atoms with Gasteiger partial charge in [0.05, 0.1) is 11.6 Å². The molecule has 0 radical (unpaired) electrons. The van der Waals surface area contributed by atoms with Gasteiger partial charge in [-0.05, 0) is 48.0 Å². The zero-order chi connectivity index (χ0) is 14.6. The van der Waals surface area contributed by atoms with Crippen LogP contribution in [-0.2, 0) is 14.3 Å². The van der Waals surface area contributed by atoms with E-state index < -0.39 is 23.5 Å². The minimum atomic E-state index is -1.08. The van der Waals surface area contributed by atoms with Gasteiger partial charge in [0.2, 0.25) is 0 Å². The number of esters is 1. The zero-order valence-electron chi connectivity index (χ0n) is 12.3. The number of aliphatic hydroxyl groups is 1. The Hall–Kier alpha value is -0.650. The van der Waals surface area contributed by atoms with Crippen LogP contribution >= 0.6 is 0 Å². The first-order valence-electron chi connectivity index (χ1n) is 6.24. The Morgan fingerprint density at radius 1 is 1.17 bits per heavy atom. The van der Waals surface area contributed by atoms with E-state index in [1.54, 1.807) is 0 Å². The largest absolute Gasteiger partial charge is 0.460 e. The highest BCUT2D eigenvalue weighted by atomic mass is 16.6. The molecule has 0 amide bonds. The Morgan fingerprint density at radius 2 is 1.67 bits per heavy atom. The monoisotopic (exact) mass is 261 g/mol. The third kappa shape index (κ3) is 9.39. The summed E-state index contributed by atoms with van der Waals surface area (Å²) in [6.07, 6.45) is -0.581. The van der Waals surface area contributed by atoms with Gasteiger partial charge < -0.3 is 20.3 Å². The van der Waals surface area contributed by atoms with Gasteiger partial charge in [-0.2, -0.15) is 0 Å². The van der Waals surface area contributed by atoms with Crippen molar-refractivity contribution in [2.45, 2.75) is 77.9 Å².